The van der Waals surface area contributed by atoms with Gasteiger partial charge in [0.15, 0.2) is 11.3 Å². The lowest BCUT2D eigenvalue weighted by Gasteiger charge is -2.14. The summed E-state index contributed by atoms with van der Waals surface area (Å²) in [6.07, 6.45) is 0.363. The van der Waals surface area contributed by atoms with Gasteiger partial charge in [-0.2, -0.15) is 0 Å². The Morgan fingerprint density at radius 1 is 1.19 bits per heavy atom. The Balaban J connectivity index is 1.84. The van der Waals surface area contributed by atoms with Gasteiger partial charge in [-0.15, -0.1) is 0 Å². The number of aromatic nitrogens is 1. The third kappa shape index (κ3) is 6.09. The molecule has 1 heterocycles. The topological polar surface area (TPSA) is 97.4 Å². The van der Waals surface area contributed by atoms with Crippen LogP contribution < -0.4 is 10.6 Å². The molecule has 27 heavy (non-hydrogen) atoms. The Labute approximate surface area is 170 Å². The molecule has 0 radical (unpaired) electrons. The van der Waals surface area contributed by atoms with Crippen molar-refractivity contribution >= 4 is 58.3 Å². The second kappa shape index (κ2) is 9.55. The monoisotopic (exact) mass is 429 g/mol. The minimum atomic E-state index is -1.11. The maximum absolute atomic E-state index is 12.0. The summed E-state index contributed by atoms with van der Waals surface area (Å²) in [5, 5.41) is 5.48. The Hall–Kier alpha value is -2.35. The van der Waals surface area contributed by atoms with E-state index in [1.54, 1.807) is 12.1 Å². The van der Waals surface area contributed by atoms with Gasteiger partial charge in [-0.3, -0.25) is 14.4 Å². The number of halogens is 3. The zero-order chi connectivity index (χ0) is 20.0. The number of hydrogen-bond donors (Lipinski definition) is 2. The third-order valence-corrected chi connectivity index (χ3v) is 4.11. The average molecular weight is 431 g/mol. The van der Waals surface area contributed by atoms with Crippen molar-refractivity contribution in [2.45, 2.75) is 13.0 Å². The van der Waals surface area contributed by atoms with E-state index in [1.165, 1.54) is 31.3 Å². The molecule has 10 heteroatoms. The number of carbonyl (C=O) groups excluding carboxylic acids is 3. The largest absolute Gasteiger partial charge is 0.451 e. The van der Waals surface area contributed by atoms with E-state index in [2.05, 4.69) is 15.6 Å². The van der Waals surface area contributed by atoms with Crippen LogP contribution >= 0.6 is 34.8 Å². The number of rotatable bonds is 6. The average Bonchev–Trinajstić information content (AvgIpc) is 2.61. The van der Waals surface area contributed by atoms with Gasteiger partial charge in [0.05, 0.1) is 16.3 Å². The fraction of sp³-hybridized carbons (Fsp3) is 0.176. The fourth-order valence-corrected chi connectivity index (χ4v) is 2.59. The number of anilines is 1. The van der Waals surface area contributed by atoms with E-state index in [0.29, 0.717) is 5.02 Å². The molecule has 2 N–H and O–H groups in total. The molecule has 0 aliphatic rings. The van der Waals surface area contributed by atoms with Crippen molar-refractivity contribution in [3.05, 3.63) is 57.3 Å². The molecule has 0 saturated heterocycles. The summed E-state index contributed by atoms with van der Waals surface area (Å²) in [7, 11) is 0. The molecule has 7 nitrogen and oxygen atoms in total. The molecule has 142 valence electrons. The molecule has 2 amide bonds. The fourth-order valence-electron chi connectivity index (χ4n) is 1.93. The van der Waals surface area contributed by atoms with E-state index < -0.39 is 30.4 Å². The van der Waals surface area contributed by atoms with Crippen molar-refractivity contribution in [2.24, 2.45) is 0 Å². The lowest BCUT2D eigenvalue weighted by molar-refractivity contribution is -0.152. The molecule has 2 aromatic rings. The van der Waals surface area contributed by atoms with Crippen LogP contribution in [0.15, 0.2) is 36.5 Å². The third-order valence-electron chi connectivity index (χ3n) is 3.26. The van der Waals surface area contributed by atoms with Gasteiger partial charge in [-0.25, -0.2) is 4.98 Å². The van der Waals surface area contributed by atoms with Crippen LogP contribution in [0.2, 0.25) is 15.2 Å². The van der Waals surface area contributed by atoms with Crippen LogP contribution in [-0.2, 0) is 14.3 Å². The molecule has 0 aliphatic carbocycles. The van der Waals surface area contributed by atoms with Crippen molar-refractivity contribution in [1.29, 1.82) is 0 Å². The van der Waals surface area contributed by atoms with Crippen LogP contribution in [0, 0.1) is 0 Å². The molecule has 0 spiro atoms. The van der Waals surface area contributed by atoms with Gasteiger partial charge in [-0.05, 0) is 37.3 Å². The first-order valence-corrected chi connectivity index (χ1v) is 8.75. The highest BCUT2D eigenvalue weighted by Gasteiger charge is 2.20. The number of nitrogens with zero attached hydrogens (tertiary/aromatic N) is 1. The molecule has 0 fully saturated rings. The summed E-state index contributed by atoms with van der Waals surface area (Å²) < 4.78 is 4.98. The molecular weight excluding hydrogens is 417 g/mol. The molecular formula is C17H14Cl3N3O4. The summed E-state index contributed by atoms with van der Waals surface area (Å²) >= 11 is 17.5. The zero-order valence-electron chi connectivity index (χ0n) is 14.0. The van der Waals surface area contributed by atoms with Gasteiger partial charge in [0.2, 0.25) is 0 Å². The lowest BCUT2D eigenvalue weighted by Crippen LogP contribution is -2.36. The summed E-state index contributed by atoms with van der Waals surface area (Å²) in [5.74, 6) is -1.97. The van der Waals surface area contributed by atoms with Crippen LogP contribution in [-0.4, -0.2) is 35.4 Å². The molecule has 1 aromatic carbocycles. The smallest absolute Gasteiger partial charge is 0.326 e. The van der Waals surface area contributed by atoms with Gasteiger partial charge >= 0.3 is 5.97 Å². The molecule has 2 rings (SSSR count). The number of amides is 2. The molecule has 1 atom stereocenters. The predicted molar refractivity (Wildman–Crippen MR) is 102 cm³/mol. The van der Waals surface area contributed by atoms with Gasteiger partial charge in [0.25, 0.3) is 11.8 Å². The minimum absolute atomic E-state index is 0.108. The second-order valence-electron chi connectivity index (χ2n) is 5.27. The SMILES string of the molecule is CC(OC(=O)CNC(=O)c1ccc(Cl)cc1Cl)C(=O)Nc1cccnc1Cl. The maximum Gasteiger partial charge on any atom is 0.326 e. The summed E-state index contributed by atoms with van der Waals surface area (Å²) in [6, 6.07) is 7.48. The van der Waals surface area contributed by atoms with Crippen molar-refractivity contribution in [2.75, 3.05) is 11.9 Å². The zero-order valence-corrected chi connectivity index (χ0v) is 16.2. The quantitative estimate of drug-likeness (QED) is 0.541. The van der Waals surface area contributed by atoms with Crippen LogP contribution in [0.3, 0.4) is 0 Å². The van der Waals surface area contributed by atoms with E-state index >= 15 is 0 Å². The van der Waals surface area contributed by atoms with E-state index in [-0.39, 0.29) is 21.4 Å². The van der Waals surface area contributed by atoms with Crippen LogP contribution in [0.5, 0.6) is 0 Å². The summed E-state index contributed by atoms with van der Waals surface area (Å²) in [4.78, 5) is 39.7. The first-order chi connectivity index (χ1) is 12.8. The van der Waals surface area contributed by atoms with Crippen molar-refractivity contribution < 1.29 is 19.1 Å². The number of esters is 1. The van der Waals surface area contributed by atoms with E-state index in [1.807, 2.05) is 0 Å². The van der Waals surface area contributed by atoms with Crippen molar-refractivity contribution in [3.8, 4) is 0 Å². The predicted octanol–water partition coefficient (Wildman–Crippen LogP) is 3.34. The molecule has 0 aliphatic heterocycles. The Morgan fingerprint density at radius 2 is 1.93 bits per heavy atom. The standard InChI is InChI=1S/C17H14Cl3N3O4/c1-9(16(25)23-13-3-2-6-21-15(13)20)27-14(24)8-22-17(26)11-5-4-10(18)7-12(11)19/h2-7,9H,8H2,1H3,(H,22,26)(H,23,25). The van der Waals surface area contributed by atoms with E-state index in [9.17, 15) is 14.4 Å². The minimum Gasteiger partial charge on any atom is -0.451 e. The number of ether oxygens (including phenoxy) is 1. The molecule has 1 unspecified atom stereocenters. The molecule has 0 saturated carbocycles. The Bertz CT molecular complexity index is 876. The van der Waals surface area contributed by atoms with Crippen LogP contribution in [0.1, 0.15) is 17.3 Å². The molecule has 1 aromatic heterocycles. The number of nitrogens with one attached hydrogen (secondary N) is 2. The van der Waals surface area contributed by atoms with E-state index in [0.717, 1.165) is 0 Å². The Morgan fingerprint density at radius 3 is 2.59 bits per heavy atom. The first-order valence-electron chi connectivity index (χ1n) is 7.62. The Kier molecular flexibility index (Phi) is 7.41. The number of pyridine rings is 1. The number of hydrogen-bond acceptors (Lipinski definition) is 5. The number of carbonyl (C=O) groups is 3. The van der Waals surface area contributed by atoms with Gasteiger partial charge in [0.1, 0.15) is 6.54 Å². The second-order valence-corrected chi connectivity index (χ2v) is 6.47. The normalized spacial score (nSPS) is 11.4. The van der Waals surface area contributed by atoms with Crippen LogP contribution in [0.4, 0.5) is 5.69 Å². The van der Waals surface area contributed by atoms with Gasteiger partial charge in [-0.1, -0.05) is 34.8 Å². The van der Waals surface area contributed by atoms with E-state index in [4.69, 9.17) is 39.5 Å². The van der Waals surface area contributed by atoms with Gasteiger partial charge in [0, 0.05) is 11.2 Å². The highest BCUT2D eigenvalue weighted by atomic mass is 35.5. The highest BCUT2D eigenvalue weighted by Crippen LogP contribution is 2.21. The number of benzene rings is 1. The summed E-state index contributed by atoms with van der Waals surface area (Å²) in [5.41, 5.74) is 0.448. The highest BCUT2D eigenvalue weighted by molar-refractivity contribution is 6.36. The van der Waals surface area contributed by atoms with Crippen molar-refractivity contribution in [3.63, 3.8) is 0 Å². The maximum atomic E-state index is 12.0. The first kappa shape index (κ1) is 21.0. The lowest BCUT2D eigenvalue weighted by atomic mass is 10.2. The van der Waals surface area contributed by atoms with Crippen molar-refractivity contribution in [1.82, 2.24) is 10.3 Å². The molecule has 0 bridgehead atoms. The van der Waals surface area contributed by atoms with Gasteiger partial charge < -0.3 is 15.4 Å². The summed E-state index contributed by atoms with van der Waals surface area (Å²) in [6.45, 7) is 0.943. The van der Waals surface area contributed by atoms with Crippen LogP contribution in [0.25, 0.3) is 0 Å².